The Labute approximate surface area is 66.9 Å². The first-order valence-electron chi connectivity index (χ1n) is 3.75. The first-order valence-corrected chi connectivity index (χ1v) is 3.75. The fourth-order valence-electron chi connectivity index (χ4n) is 0.661. The van der Waals surface area contributed by atoms with E-state index >= 15 is 0 Å². The van der Waals surface area contributed by atoms with Crippen LogP contribution in [-0.4, -0.2) is 17.1 Å². The highest BCUT2D eigenvalue weighted by Gasteiger charge is 1.91. The Morgan fingerprint density at radius 2 is 2.27 bits per heavy atom. The molecule has 0 aliphatic rings. The van der Waals surface area contributed by atoms with Crippen molar-refractivity contribution in [3.8, 4) is 0 Å². The van der Waals surface area contributed by atoms with Crippen molar-refractivity contribution in [3.05, 3.63) is 12.2 Å². The Morgan fingerprint density at radius 1 is 1.64 bits per heavy atom. The van der Waals surface area contributed by atoms with Gasteiger partial charge in [0.05, 0.1) is 6.42 Å². The first kappa shape index (κ1) is 10.2. The van der Waals surface area contributed by atoms with Crippen LogP contribution in [0.15, 0.2) is 12.2 Å². The van der Waals surface area contributed by atoms with Gasteiger partial charge >= 0.3 is 5.97 Å². The molecule has 0 rings (SSSR count). The van der Waals surface area contributed by atoms with Crippen molar-refractivity contribution < 1.29 is 9.90 Å². The van der Waals surface area contributed by atoms with Gasteiger partial charge in [-0.25, -0.2) is 0 Å². The number of hydrogen-bond acceptors (Lipinski definition) is 2. The van der Waals surface area contributed by atoms with Gasteiger partial charge in [0.15, 0.2) is 0 Å². The number of allylic oxidation sites excluding steroid dienone is 1. The third kappa shape index (κ3) is 9.17. The van der Waals surface area contributed by atoms with Crippen LogP contribution in [0.25, 0.3) is 0 Å². The Bertz CT molecular complexity index is 141. The quantitative estimate of drug-likeness (QED) is 0.588. The second-order valence-electron chi connectivity index (χ2n) is 2.62. The molecule has 64 valence electrons. The van der Waals surface area contributed by atoms with Gasteiger partial charge in [-0.3, -0.25) is 4.79 Å². The fourth-order valence-corrected chi connectivity index (χ4v) is 0.661. The minimum absolute atomic E-state index is 0.110. The lowest BCUT2D eigenvalue weighted by Gasteiger charge is -1.98. The summed E-state index contributed by atoms with van der Waals surface area (Å²) in [7, 11) is 0. The standard InChI is InChI=1S/C8H15NO2/c1-7(9)5-3-2-4-6-8(10)11/h2,4,7H,3,5-6,9H2,1H3,(H,10,11)/b4-2+. The lowest BCUT2D eigenvalue weighted by molar-refractivity contribution is -0.136. The van der Waals surface area contributed by atoms with Crippen LogP contribution in [0.1, 0.15) is 26.2 Å². The molecule has 3 nitrogen and oxygen atoms in total. The van der Waals surface area contributed by atoms with Crippen molar-refractivity contribution >= 4 is 5.97 Å². The summed E-state index contributed by atoms with van der Waals surface area (Å²) < 4.78 is 0. The molecule has 0 aromatic carbocycles. The lowest BCUT2D eigenvalue weighted by atomic mass is 10.2. The van der Waals surface area contributed by atoms with Gasteiger partial charge in [0.2, 0.25) is 0 Å². The first-order chi connectivity index (χ1) is 5.13. The van der Waals surface area contributed by atoms with Gasteiger partial charge in [0.25, 0.3) is 0 Å². The van der Waals surface area contributed by atoms with E-state index in [0.29, 0.717) is 0 Å². The van der Waals surface area contributed by atoms with E-state index in [2.05, 4.69) is 0 Å². The zero-order valence-corrected chi connectivity index (χ0v) is 6.79. The molecule has 0 spiro atoms. The van der Waals surface area contributed by atoms with E-state index in [1.54, 1.807) is 6.08 Å². The van der Waals surface area contributed by atoms with Crippen LogP contribution in [0, 0.1) is 0 Å². The van der Waals surface area contributed by atoms with E-state index in [4.69, 9.17) is 10.8 Å². The molecule has 3 heteroatoms. The largest absolute Gasteiger partial charge is 0.481 e. The molecule has 3 N–H and O–H groups in total. The van der Waals surface area contributed by atoms with Crippen LogP contribution in [-0.2, 0) is 4.79 Å². The highest BCUT2D eigenvalue weighted by Crippen LogP contribution is 1.95. The molecule has 0 fully saturated rings. The molecule has 0 bridgehead atoms. The van der Waals surface area contributed by atoms with Gasteiger partial charge in [-0.15, -0.1) is 0 Å². The third-order valence-corrected chi connectivity index (χ3v) is 1.25. The van der Waals surface area contributed by atoms with Gasteiger partial charge in [0.1, 0.15) is 0 Å². The molecule has 1 unspecified atom stereocenters. The second-order valence-corrected chi connectivity index (χ2v) is 2.62. The summed E-state index contributed by atoms with van der Waals surface area (Å²) in [6, 6.07) is 0.199. The van der Waals surface area contributed by atoms with E-state index in [9.17, 15) is 4.79 Å². The minimum Gasteiger partial charge on any atom is -0.481 e. The maximum atomic E-state index is 10.0. The Morgan fingerprint density at radius 3 is 2.73 bits per heavy atom. The topological polar surface area (TPSA) is 63.3 Å². The summed E-state index contributed by atoms with van der Waals surface area (Å²) >= 11 is 0. The Balaban J connectivity index is 3.23. The maximum Gasteiger partial charge on any atom is 0.307 e. The van der Waals surface area contributed by atoms with Gasteiger partial charge < -0.3 is 10.8 Å². The molecule has 0 saturated heterocycles. The average Bonchev–Trinajstić information content (AvgIpc) is 1.85. The molecule has 0 saturated carbocycles. The normalized spacial score (nSPS) is 13.6. The van der Waals surface area contributed by atoms with Crippen LogP contribution in [0.2, 0.25) is 0 Å². The predicted molar refractivity (Wildman–Crippen MR) is 44.3 cm³/mol. The molecule has 1 atom stereocenters. The van der Waals surface area contributed by atoms with Gasteiger partial charge in [-0.1, -0.05) is 12.2 Å². The average molecular weight is 157 g/mol. The SMILES string of the molecule is CC(N)CC/C=C/CC(=O)O. The Hall–Kier alpha value is -0.830. The number of rotatable bonds is 5. The predicted octanol–water partition coefficient (Wildman–Crippen LogP) is 1.14. The van der Waals surface area contributed by atoms with Gasteiger partial charge in [0, 0.05) is 6.04 Å². The highest BCUT2D eigenvalue weighted by atomic mass is 16.4. The fraction of sp³-hybridized carbons (Fsp3) is 0.625. The molecular weight excluding hydrogens is 142 g/mol. The summed E-state index contributed by atoms with van der Waals surface area (Å²) in [6.45, 7) is 1.94. The van der Waals surface area contributed by atoms with Crippen LogP contribution in [0.5, 0.6) is 0 Å². The lowest BCUT2D eigenvalue weighted by Crippen LogP contribution is -2.13. The van der Waals surface area contributed by atoms with E-state index in [1.807, 2.05) is 13.0 Å². The van der Waals surface area contributed by atoms with E-state index in [1.165, 1.54) is 0 Å². The third-order valence-electron chi connectivity index (χ3n) is 1.25. The number of nitrogens with two attached hydrogens (primary N) is 1. The second kappa shape index (κ2) is 5.92. The van der Waals surface area contributed by atoms with E-state index in [-0.39, 0.29) is 12.5 Å². The summed E-state index contributed by atoms with van der Waals surface area (Å²) in [5, 5.41) is 8.25. The number of aliphatic carboxylic acids is 1. The monoisotopic (exact) mass is 157 g/mol. The van der Waals surface area contributed by atoms with Crippen molar-refractivity contribution in [1.82, 2.24) is 0 Å². The number of hydrogen-bond donors (Lipinski definition) is 2. The van der Waals surface area contributed by atoms with Crippen LogP contribution < -0.4 is 5.73 Å². The molecule has 0 heterocycles. The van der Waals surface area contributed by atoms with E-state index < -0.39 is 5.97 Å². The molecule has 0 aromatic rings. The molecule has 0 aromatic heterocycles. The number of carbonyl (C=O) groups is 1. The van der Waals surface area contributed by atoms with Crippen molar-refractivity contribution in [2.75, 3.05) is 0 Å². The zero-order valence-electron chi connectivity index (χ0n) is 6.79. The molecule has 0 radical (unpaired) electrons. The molecular formula is C8H15NO2. The zero-order chi connectivity index (χ0) is 8.69. The smallest absolute Gasteiger partial charge is 0.307 e. The van der Waals surface area contributed by atoms with Crippen LogP contribution in [0.4, 0.5) is 0 Å². The van der Waals surface area contributed by atoms with E-state index in [0.717, 1.165) is 12.8 Å². The van der Waals surface area contributed by atoms with Crippen LogP contribution in [0.3, 0.4) is 0 Å². The summed E-state index contributed by atoms with van der Waals surface area (Å²) in [4.78, 5) is 10.0. The summed E-state index contributed by atoms with van der Waals surface area (Å²) in [5.41, 5.74) is 5.48. The molecule has 11 heavy (non-hydrogen) atoms. The highest BCUT2D eigenvalue weighted by molar-refractivity contribution is 5.68. The summed E-state index contributed by atoms with van der Waals surface area (Å²) in [5.74, 6) is -0.790. The minimum atomic E-state index is -0.790. The molecule has 0 aliphatic heterocycles. The van der Waals surface area contributed by atoms with Crippen molar-refractivity contribution in [1.29, 1.82) is 0 Å². The summed E-state index contributed by atoms with van der Waals surface area (Å²) in [6.07, 6.45) is 5.40. The van der Waals surface area contributed by atoms with Crippen molar-refractivity contribution in [3.63, 3.8) is 0 Å². The molecule has 0 aliphatic carbocycles. The Kier molecular flexibility index (Phi) is 5.47. The van der Waals surface area contributed by atoms with Gasteiger partial charge in [-0.2, -0.15) is 0 Å². The number of carboxylic acids is 1. The maximum absolute atomic E-state index is 10.0. The van der Waals surface area contributed by atoms with Crippen molar-refractivity contribution in [2.24, 2.45) is 5.73 Å². The van der Waals surface area contributed by atoms with Crippen molar-refractivity contribution in [2.45, 2.75) is 32.2 Å². The molecule has 0 amide bonds. The van der Waals surface area contributed by atoms with Crippen LogP contribution >= 0.6 is 0 Å². The van der Waals surface area contributed by atoms with Gasteiger partial charge in [-0.05, 0) is 19.8 Å². The number of carboxylic acid groups (broad SMARTS) is 1.